The summed E-state index contributed by atoms with van der Waals surface area (Å²) in [5.74, 6) is -1.82. The predicted octanol–water partition coefficient (Wildman–Crippen LogP) is 4.22. The Morgan fingerprint density at radius 1 is 0.974 bits per heavy atom. The lowest BCUT2D eigenvalue weighted by molar-refractivity contribution is -0.141. The van der Waals surface area contributed by atoms with Gasteiger partial charge in [0.05, 0.1) is 6.42 Å². The number of amides is 4. The number of anilines is 1. The topological polar surface area (TPSA) is 131 Å². The summed E-state index contributed by atoms with van der Waals surface area (Å²) >= 11 is 0. The van der Waals surface area contributed by atoms with Crippen LogP contribution >= 0.6 is 0 Å². The smallest absolute Gasteiger partial charge is 0.408 e. The van der Waals surface area contributed by atoms with Crippen molar-refractivity contribution in [2.45, 2.75) is 79.5 Å². The SMILES string of the molecule is CCN(C(=O)C(CC(N)=O)NC(=O)OC(C)(C)C)C(C(=O)Nc1c(C)cccc1C)c1cc(C)ccc1C. The van der Waals surface area contributed by atoms with Crippen LogP contribution in [0, 0.1) is 27.7 Å². The molecular formula is C29H40N4O5. The molecule has 0 bridgehead atoms. The summed E-state index contributed by atoms with van der Waals surface area (Å²) in [5.41, 5.74) is 9.40. The molecule has 206 valence electrons. The molecule has 2 aromatic rings. The molecule has 0 fully saturated rings. The Hall–Kier alpha value is -3.88. The molecule has 2 aromatic carbocycles. The van der Waals surface area contributed by atoms with E-state index in [4.69, 9.17) is 10.5 Å². The summed E-state index contributed by atoms with van der Waals surface area (Å²) in [5, 5.41) is 5.48. The van der Waals surface area contributed by atoms with Gasteiger partial charge in [0.15, 0.2) is 0 Å². The molecule has 0 aliphatic carbocycles. The number of likely N-dealkylation sites (N-methyl/N-ethyl adjacent to an activating group) is 1. The Labute approximate surface area is 225 Å². The Morgan fingerprint density at radius 3 is 2.11 bits per heavy atom. The first-order valence-electron chi connectivity index (χ1n) is 12.7. The maximum Gasteiger partial charge on any atom is 0.408 e. The number of carbonyl (C=O) groups is 4. The number of alkyl carbamates (subject to hydrolysis) is 1. The molecule has 0 saturated heterocycles. The first kappa shape index (κ1) is 30.3. The van der Waals surface area contributed by atoms with Crippen molar-refractivity contribution < 1.29 is 23.9 Å². The van der Waals surface area contributed by atoms with Crippen LogP contribution in [0.5, 0.6) is 0 Å². The lowest BCUT2D eigenvalue weighted by Crippen LogP contribution is -2.53. The fourth-order valence-electron chi connectivity index (χ4n) is 4.23. The molecule has 0 radical (unpaired) electrons. The molecule has 2 unspecified atom stereocenters. The van der Waals surface area contributed by atoms with Gasteiger partial charge in [-0.25, -0.2) is 4.79 Å². The summed E-state index contributed by atoms with van der Waals surface area (Å²) in [6.45, 7) is 14.5. The fraction of sp³-hybridized carbons (Fsp3) is 0.448. The lowest BCUT2D eigenvalue weighted by Gasteiger charge is -2.34. The number of nitrogens with one attached hydrogen (secondary N) is 2. The van der Waals surface area contributed by atoms with Crippen molar-refractivity contribution in [2.75, 3.05) is 11.9 Å². The Kier molecular flexibility index (Phi) is 10.0. The second-order valence-electron chi connectivity index (χ2n) is 10.5. The highest BCUT2D eigenvalue weighted by molar-refractivity contribution is 6.00. The minimum atomic E-state index is -1.32. The molecule has 38 heavy (non-hydrogen) atoms. The van der Waals surface area contributed by atoms with Crippen LogP contribution in [0.4, 0.5) is 10.5 Å². The number of benzene rings is 2. The summed E-state index contributed by atoms with van der Waals surface area (Å²) in [7, 11) is 0. The number of carbonyl (C=O) groups excluding carboxylic acids is 4. The highest BCUT2D eigenvalue weighted by atomic mass is 16.6. The molecule has 0 aliphatic heterocycles. The van der Waals surface area contributed by atoms with Crippen LogP contribution in [-0.4, -0.2) is 46.9 Å². The van der Waals surface area contributed by atoms with Gasteiger partial charge in [0.25, 0.3) is 5.91 Å². The first-order valence-corrected chi connectivity index (χ1v) is 12.7. The summed E-state index contributed by atoms with van der Waals surface area (Å²) in [4.78, 5) is 53.5. The number of para-hydroxylation sites is 1. The number of nitrogens with zero attached hydrogens (tertiary/aromatic N) is 1. The number of aryl methyl sites for hydroxylation is 4. The third-order valence-corrected chi connectivity index (χ3v) is 6.04. The van der Waals surface area contributed by atoms with Crippen molar-refractivity contribution in [3.05, 3.63) is 64.2 Å². The van der Waals surface area contributed by atoms with Gasteiger partial charge in [0.2, 0.25) is 11.8 Å². The monoisotopic (exact) mass is 524 g/mol. The Balaban J connectivity index is 2.56. The van der Waals surface area contributed by atoms with E-state index in [1.807, 2.05) is 64.1 Å². The molecule has 0 aromatic heterocycles. The van der Waals surface area contributed by atoms with Gasteiger partial charge in [0.1, 0.15) is 17.7 Å². The largest absolute Gasteiger partial charge is 0.444 e. The molecule has 0 aliphatic rings. The van der Waals surface area contributed by atoms with Gasteiger partial charge in [-0.05, 0) is 77.6 Å². The van der Waals surface area contributed by atoms with Crippen molar-refractivity contribution in [1.82, 2.24) is 10.2 Å². The van der Waals surface area contributed by atoms with E-state index >= 15 is 0 Å². The fourth-order valence-corrected chi connectivity index (χ4v) is 4.23. The van der Waals surface area contributed by atoms with E-state index in [1.165, 1.54) is 4.90 Å². The van der Waals surface area contributed by atoms with Gasteiger partial charge in [-0.1, -0.05) is 42.0 Å². The number of nitrogens with two attached hydrogens (primary N) is 1. The van der Waals surface area contributed by atoms with E-state index in [2.05, 4.69) is 10.6 Å². The minimum Gasteiger partial charge on any atom is -0.444 e. The highest BCUT2D eigenvalue weighted by Gasteiger charge is 2.37. The lowest BCUT2D eigenvalue weighted by atomic mass is 9.95. The van der Waals surface area contributed by atoms with E-state index in [9.17, 15) is 19.2 Å². The quantitative estimate of drug-likeness (QED) is 0.452. The van der Waals surface area contributed by atoms with Gasteiger partial charge in [-0.3, -0.25) is 14.4 Å². The number of hydrogen-bond donors (Lipinski definition) is 3. The van der Waals surface area contributed by atoms with E-state index < -0.39 is 47.9 Å². The summed E-state index contributed by atoms with van der Waals surface area (Å²) in [6, 6.07) is 9.02. The van der Waals surface area contributed by atoms with E-state index in [-0.39, 0.29) is 6.54 Å². The van der Waals surface area contributed by atoms with Gasteiger partial charge in [0, 0.05) is 12.2 Å². The van der Waals surface area contributed by atoms with Gasteiger partial charge >= 0.3 is 6.09 Å². The van der Waals surface area contributed by atoms with Crippen molar-refractivity contribution >= 4 is 29.5 Å². The third-order valence-electron chi connectivity index (χ3n) is 6.04. The van der Waals surface area contributed by atoms with E-state index in [0.717, 1.165) is 22.3 Å². The van der Waals surface area contributed by atoms with Crippen LogP contribution in [0.1, 0.15) is 68.0 Å². The zero-order valence-electron chi connectivity index (χ0n) is 23.6. The first-order chi connectivity index (χ1) is 17.6. The number of hydrogen-bond acceptors (Lipinski definition) is 5. The van der Waals surface area contributed by atoms with Crippen LogP contribution in [0.2, 0.25) is 0 Å². The average Bonchev–Trinajstić information content (AvgIpc) is 2.79. The molecule has 2 atom stereocenters. The second kappa shape index (κ2) is 12.6. The zero-order valence-corrected chi connectivity index (χ0v) is 23.6. The van der Waals surface area contributed by atoms with Crippen molar-refractivity contribution in [3.8, 4) is 0 Å². The maximum atomic E-state index is 13.9. The molecule has 9 heteroatoms. The molecular weight excluding hydrogens is 484 g/mol. The van der Waals surface area contributed by atoms with Crippen molar-refractivity contribution in [2.24, 2.45) is 5.73 Å². The summed E-state index contributed by atoms with van der Waals surface area (Å²) < 4.78 is 5.29. The highest BCUT2D eigenvalue weighted by Crippen LogP contribution is 2.29. The van der Waals surface area contributed by atoms with Gasteiger partial charge in [-0.15, -0.1) is 0 Å². The zero-order chi connectivity index (χ0) is 28.8. The maximum absolute atomic E-state index is 13.9. The Bertz CT molecular complexity index is 1180. The second-order valence-corrected chi connectivity index (χ2v) is 10.5. The van der Waals surface area contributed by atoms with E-state index in [1.54, 1.807) is 27.7 Å². The Morgan fingerprint density at radius 2 is 1.58 bits per heavy atom. The molecule has 4 N–H and O–H groups in total. The van der Waals surface area contributed by atoms with Crippen LogP contribution in [0.3, 0.4) is 0 Å². The van der Waals surface area contributed by atoms with Crippen LogP contribution in [-0.2, 0) is 19.1 Å². The number of rotatable bonds is 9. The van der Waals surface area contributed by atoms with Gasteiger partial charge < -0.3 is 26.0 Å². The van der Waals surface area contributed by atoms with Crippen molar-refractivity contribution in [1.29, 1.82) is 0 Å². The standard InChI is InChI=1S/C29H40N4O5/c1-9-33(27(36)22(16-23(30)34)31-28(37)38-29(6,7)8)25(21-15-17(2)13-14-18(21)3)26(35)32-24-19(4)11-10-12-20(24)5/h10-15,22,25H,9,16H2,1-8H3,(H2,30,34)(H,31,37)(H,32,35). The van der Waals surface area contributed by atoms with Crippen molar-refractivity contribution in [3.63, 3.8) is 0 Å². The number of primary amides is 1. The molecule has 9 nitrogen and oxygen atoms in total. The molecule has 2 rings (SSSR count). The minimum absolute atomic E-state index is 0.127. The average molecular weight is 525 g/mol. The molecule has 0 heterocycles. The van der Waals surface area contributed by atoms with Crippen LogP contribution in [0.15, 0.2) is 36.4 Å². The predicted molar refractivity (Wildman–Crippen MR) is 148 cm³/mol. The van der Waals surface area contributed by atoms with Gasteiger partial charge in [-0.2, -0.15) is 0 Å². The normalized spacial score (nSPS) is 12.7. The molecule has 4 amide bonds. The number of ether oxygens (including phenoxy) is 1. The van der Waals surface area contributed by atoms with Crippen LogP contribution in [0.25, 0.3) is 0 Å². The molecule has 0 saturated carbocycles. The van der Waals surface area contributed by atoms with E-state index in [0.29, 0.717) is 11.3 Å². The van der Waals surface area contributed by atoms with Crippen LogP contribution < -0.4 is 16.4 Å². The summed E-state index contributed by atoms with van der Waals surface area (Å²) in [6.07, 6.45) is -1.32. The third kappa shape index (κ3) is 8.06. The molecule has 0 spiro atoms.